The summed E-state index contributed by atoms with van der Waals surface area (Å²) in [6.45, 7) is 1.91. The number of nitrogens with two attached hydrogens (primary N) is 1. The first-order valence-corrected chi connectivity index (χ1v) is 3.88. The molecule has 0 aliphatic rings. The van der Waals surface area contributed by atoms with E-state index >= 15 is 0 Å². The van der Waals surface area contributed by atoms with Gasteiger partial charge in [0, 0.05) is 11.1 Å². The topological polar surface area (TPSA) is 26.0 Å². The van der Waals surface area contributed by atoms with Crippen LogP contribution in [0.15, 0.2) is 24.3 Å². The molecular weight excluding hydrogens is 158 g/mol. The summed E-state index contributed by atoms with van der Waals surface area (Å²) in [6, 6.07) is 8.64. The average molecular weight is 169 g/mol. The molecule has 0 amide bonds. The summed E-state index contributed by atoms with van der Waals surface area (Å²) in [6.07, 6.45) is 0.831. The third kappa shape index (κ3) is 2.91. The van der Waals surface area contributed by atoms with Crippen LogP contribution >= 0.6 is 11.6 Å². The Morgan fingerprint density at radius 3 is 2.36 bits per heavy atom. The van der Waals surface area contributed by atoms with E-state index in [4.69, 9.17) is 17.3 Å². The summed E-state index contributed by atoms with van der Waals surface area (Å²) < 4.78 is 0. The summed E-state index contributed by atoms with van der Waals surface area (Å²) in [5.41, 5.74) is 6.75. The van der Waals surface area contributed by atoms with Gasteiger partial charge in [0.2, 0.25) is 0 Å². The number of halogens is 1. The van der Waals surface area contributed by atoms with Crippen LogP contribution in [0.25, 0.3) is 0 Å². The van der Waals surface area contributed by atoms with Gasteiger partial charge < -0.3 is 5.73 Å². The maximum absolute atomic E-state index is 5.71. The molecular formula is C9H11ClN. The Kier molecular flexibility index (Phi) is 2.92. The Bertz CT molecular complexity index is 216. The minimum absolute atomic E-state index is 0.767. The van der Waals surface area contributed by atoms with E-state index in [1.807, 2.05) is 31.2 Å². The van der Waals surface area contributed by atoms with Crippen LogP contribution in [0.3, 0.4) is 0 Å². The minimum atomic E-state index is 0.767. The molecule has 2 heteroatoms. The number of benzene rings is 1. The van der Waals surface area contributed by atoms with Crippen LogP contribution in [-0.2, 0) is 6.42 Å². The van der Waals surface area contributed by atoms with Crippen molar-refractivity contribution >= 4 is 11.6 Å². The lowest BCUT2D eigenvalue weighted by Gasteiger charge is -2.03. The lowest BCUT2D eigenvalue weighted by molar-refractivity contribution is 0.921. The van der Waals surface area contributed by atoms with Gasteiger partial charge in [-0.15, -0.1) is 0 Å². The average Bonchev–Trinajstić information content (AvgIpc) is 1.93. The molecule has 0 aromatic heterocycles. The van der Waals surface area contributed by atoms with Crippen molar-refractivity contribution < 1.29 is 0 Å². The highest BCUT2D eigenvalue weighted by Gasteiger charge is 1.97. The van der Waals surface area contributed by atoms with Crippen molar-refractivity contribution in [3.8, 4) is 0 Å². The third-order valence-corrected chi connectivity index (χ3v) is 1.65. The van der Waals surface area contributed by atoms with Crippen LogP contribution in [-0.4, -0.2) is 0 Å². The van der Waals surface area contributed by atoms with E-state index in [1.165, 1.54) is 5.56 Å². The van der Waals surface area contributed by atoms with Crippen LogP contribution in [0.5, 0.6) is 0 Å². The molecule has 59 valence electrons. The molecule has 0 saturated carbocycles. The van der Waals surface area contributed by atoms with Gasteiger partial charge in [-0.3, -0.25) is 0 Å². The largest absolute Gasteiger partial charge is 0.323 e. The SMILES string of the molecule is C[C](N)Cc1ccc(Cl)cc1. The first-order valence-electron chi connectivity index (χ1n) is 3.51. The van der Waals surface area contributed by atoms with E-state index in [1.54, 1.807) is 0 Å². The van der Waals surface area contributed by atoms with Gasteiger partial charge in [0.15, 0.2) is 0 Å². The summed E-state index contributed by atoms with van der Waals surface area (Å²) >= 11 is 5.71. The molecule has 0 spiro atoms. The molecule has 1 nitrogen and oxygen atoms in total. The highest BCUT2D eigenvalue weighted by Crippen LogP contribution is 2.11. The summed E-state index contributed by atoms with van der Waals surface area (Å²) in [5.74, 6) is 0. The zero-order chi connectivity index (χ0) is 8.27. The number of rotatable bonds is 2. The van der Waals surface area contributed by atoms with E-state index in [0.717, 1.165) is 17.5 Å². The quantitative estimate of drug-likeness (QED) is 0.721. The predicted octanol–water partition coefficient (Wildman–Crippen LogP) is 2.39. The molecule has 0 bridgehead atoms. The molecule has 1 aromatic rings. The molecule has 0 atom stereocenters. The van der Waals surface area contributed by atoms with Gasteiger partial charge in [0.25, 0.3) is 0 Å². The Labute approximate surface area is 72.2 Å². The zero-order valence-electron chi connectivity index (χ0n) is 6.47. The fourth-order valence-electron chi connectivity index (χ4n) is 0.924. The molecule has 0 aliphatic carbocycles. The normalized spacial score (nSPS) is 10.5. The summed E-state index contributed by atoms with van der Waals surface area (Å²) in [5, 5.41) is 0.767. The van der Waals surface area contributed by atoms with Crippen LogP contribution in [0.4, 0.5) is 0 Å². The number of hydrogen-bond donors (Lipinski definition) is 1. The van der Waals surface area contributed by atoms with Crippen molar-refractivity contribution in [1.29, 1.82) is 0 Å². The van der Waals surface area contributed by atoms with Crippen molar-refractivity contribution in [2.24, 2.45) is 5.73 Å². The predicted molar refractivity (Wildman–Crippen MR) is 48.3 cm³/mol. The van der Waals surface area contributed by atoms with Crippen LogP contribution < -0.4 is 5.73 Å². The van der Waals surface area contributed by atoms with Gasteiger partial charge in [0.1, 0.15) is 0 Å². The maximum atomic E-state index is 5.71. The second kappa shape index (κ2) is 3.74. The van der Waals surface area contributed by atoms with Crippen molar-refractivity contribution in [3.63, 3.8) is 0 Å². The molecule has 2 N–H and O–H groups in total. The van der Waals surface area contributed by atoms with Crippen LogP contribution in [0.2, 0.25) is 5.02 Å². The van der Waals surface area contributed by atoms with Gasteiger partial charge in [-0.1, -0.05) is 23.7 Å². The maximum Gasteiger partial charge on any atom is 0.0406 e. The fourth-order valence-corrected chi connectivity index (χ4v) is 1.05. The fraction of sp³-hybridized carbons (Fsp3) is 0.222. The van der Waals surface area contributed by atoms with E-state index in [9.17, 15) is 0 Å². The smallest absolute Gasteiger partial charge is 0.0406 e. The van der Waals surface area contributed by atoms with Crippen molar-refractivity contribution in [1.82, 2.24) is 0 Å². The third-order valence-electron chi connectivity index (χ3n) is 1.40. The zero-order valence-corrected chi connectivity index (χ0v) is 7.23. The second-order valence-corrected chi connectivity index (χ2v) is 3.09. The monoisotopic (exact) mass is 168 g/mol. The molecule has 1 aromatic carbocycles. The van der Waals surface area contributed by atoms with Gasteiger partial charge in [-0.05, 0) is 31.0 Å². The lowest BCUT2D eigenvalue weighted by atomic mass is 10.1. The van der Waals surface area contributed by atoms with Crippen LogP contribution in [0.1, 0.15) is 12.5 Å². The number of hydrogen-bond acceptors (Lipinski definition) is 1. The van der Waals surface area contributed by atoms with Gasteiger partial charge in [0.05, 0.1) is 0 Å². The lowest BCUT2D eigenvalue weighted by Crippen LogP contribution is -2.07. The molecule has 11 heavy (non-hydrogen) atoms. The van der Waals surface area contributed by atoms with E-state index in [0.29, 0.717) is 0 Å². The molecule has 0 fully saturated rings. The van der Waals surface area contributed by atoms with Crippen molar-refractivity contribution in [3.05, 3.63) is 40.9 Å². The van der Waals surface area contributed by atoms with Crippen molar-refractivity contribution in [2.45, 2.75) is 13.3 Å². The van der Waals surface area contributed by atoms with Gasteiger partial charge in [-0.2, -0.15) is 0 Å². The summed E-state index contributed by atoms with van der Waals surface area (Å²) in [7, 11) is 0. The molecule has 1 rings (SSSR count). The standard InChI is InChI=1S/C9H11ClN/c1-7(11)6-8-2-4-9(10)5-3-8/h2-5H,6,11H2,1H3. The highest BCUT2D eigenvalue weighted by atomic mass is 35.5. The Morgan fingerprint density at radius 2 is 1.91 bits per heavy atom. The van der Waals surface area contributed by atoms with Gasteiger partial charge >= 0.3 is 0 Å². The minimum Gasteiger partial charge on any atom is -0.323 e. The van der Waals surface area contributed by atoms with E-state index in [2.05, 4.69) is 0 Å². The first kappa shape index (κ1) is 8.57. The molecule has 0 unspecified atom stereocenters. The first-order chi connectivity index (χ1) is 5.18. The highest BCUT2D eigenvalue weighted by molar-refractivity contribution is 6.30. The van der Waals surface area contributed by atoms with Gasteiger partial charge in [-0.25, -0.2) is 0 Å². The second-order valence-electron chi connectivity index (χ2n) is 2.65. The van der Waals surface area contributed by atoms with E-state index < -0.39 is 0 Å². The van der Waals surface area contributed by atoms with Crippen LogP contribution in [0, 0.1) is 6.04 Å². The summed E-state index contributed by atoms with van der Waals surface area (Å²) in [4.78, 5) is 0. The Morgan fingerprint density at radius 1 is 1.36 bits per heavy atom. The van der Waals surface area contributed by atoms with E-state index in [-0.39, 0.29) is 0 Å². The molecule has 0 heterocycles. The molecule has 1 radical (unpaired) electrons. The van der Waals surface area contributed by atoms with Crippen molar-refractivity contribution in [2.75, 3.05) is 0 Å². The Hall–Kier alpha value is -0.530. The Balaban J connectivity index is 2.66. The molecule has 0 aliphatic heterocycles. The molecule has 0 saturated heterocycles.